The quantitative estimate of drug-likeness (QED) is 0.815. The van der Waals surface area contributed by atoms with E-state index in [-0.39, 0.29) is 11.9 Å². The molecule has 0 bridgehead atoms. The summed E-state index contributed by atoms with van der Waals surface area (Å²) in [5, 5.41) is 0.702. The number of nitrogens with zero attached hydrogens (tertiary/aromatic N) is 1. The Balaban J connectivity index is 2.17. The molecular formula is C17H18ClNO. The van der Waals surface area contributed by atoms with Crippen molar-refractivity contribution in [3.63, 3.8) is 0 Å². The van der Waals surface area contributed by atoms with E-state index in [1.165, 1.54) is 0 Å². The lowest BCUT2D eigenvalue weighted by Crippen LogP contribution is -2.29. The van der Waals surface area contributed by atoms with Crippen molar-refractivity contribution in [2.45, 2.75) is 19.9 Å². The topological polar surface area (TPSA) is 20.3 Å². The lowest BCUT2D eigenvalue weighted by atomic mass is 10.1. The van der Waals surface area contributed by atoms with Crippen LogP contribution in [0.15, 0.2) is 48.5 Å². The molecule has 3 heteroatoms. The standard InChI is InChI=1S/C17H18ClNO/c1-12-4-6-15(7-5-12)17(20)19(3)13(2)14-8-10-16(18)11-9-14/h4-11,13H,1-3H3. The van der Waals surface area contributed by atoms with E-state index in [0.29, 0.717) is 10.6 Å². The number of hydrogen-bond donors (Lipinski definition) is 0. The Hall–Kier alpha value is -1.80. The van der Waals surface area contributed by atoms with Gasteiger partial charge in [-0.05, 0) is 43.7 Å². The number of amides is 1. The summed E-state index contributed by atoms with van der Waals surface area (Å²) in [6.45, 7) is 4.02. The third-order valence-electron chi connectivity index (χ3n) is 3.55. The van der Waals surface area contributed by atoms with Crippen molar-refractivity contribution in [1.29, 1.82) is 0 Å². The largest absolute Gasteiger partial charge is 0.335 e. The zero-order chi connectivity index (χ0) is 14.7. The Kier molecular flexibility index (Phi) is 4.46. The maximum atomic E-state index is 12.4. The van der Waals surface area contributed by atoms with Crippen LogP contribution in [0.3, 0.4) is 0 Å². The molecule has 0 saturated heterocycles. The average Bonchev–Trinajstić information content (AvgIpc) is 2.46. The minimum absolute atomic E-state index is 0.000990. The molecule has 1 atom stereocenters. The molecule has 1 unspecified atom stereocenters. The van der Waals surface area contributed by atoms with Crippen molar-refractivity contribution in [1.82, 2.24) is 4.90 Å². The van der Waals surface area contributed by atoms with Gasteiger partial charge in [0.2, 0.25) is 0 Å². The van der Waals surface area contributed by atoms with Crippen LogP contribution in [0.1, 0.15) is 34.5 Å². The fraction of sp³-hybridized carbons (Fsp3) is 0.235. The molecule has 104 valence electrons. The molecule has 0 aliphatic carbocycles. The van der Waals surface area contributed by atoms with Gasteiger partial charge in [0, 0.05) is 17.6 Å². The minimum Gasteiger partial charge on any atom is -0.335 e. The summed E-state index contributed by atoms with van der Waals surface area (Å²) >= 11 is 5.89. The number of aryl methyl sites for hydroxylation is 1. The predicted molar refractivity (Wildman–Crippen MR) is 83.1 cm³/mol. The van der Waals surface area contributed by atoms with E-state index in [1.54, 1.807) is 4.90 Å². The van der Waals surface area contributed by atoms with Crippen LogP contribution < -0.4 is 0 Å². The van der Waals surface area contributed by atoms with Gasteiger partial charge in [0.1, 0.15) is 0 Å². The van der Waals surface area contributed by atoms with Gasteiger partial charge in [-0.2, -0.15) is 0 Å². The van der Waals surface area contributed by atoms with E-state index in [0.717, 1.165) is 11.1 Å². The molecule has 0 aromatic heterocycles. The van der Waals surface area contributed by atoms with Gasteiger partial charge in [-0.3, -0.25) is 4.79 Å². The van der Waals surface area contributed by atoms with E-state index < -0.39 is 0 Å². The summed E-state index contributed by atoms with van der Waals surface area (Å²) in [5.74, 6) is 0.0208. The summed E-state index contributed by atoms with van der Waals surface area (Å²) in [6.07, 6.45) is 0. The lowest BCUT2D eigenvalue weighted by molar-refractivity contribution is 0.0742. The van der Waals surface area contributed by atoms with Gasteiger partial charge in [-0.15, -0.1) is 0 Å². The smallest absolute Gasteiger partial charge is 0.254 e. The van der Waals surface area contributed by atoms with Crippen LogP contribution in [0.4, 0.5) is 0 Å². The summed E-state index contributed by atoms with van der Waals surface area (Å²) in [4.78, 5) is 14.2. The first-order chi connectivity index (χ1) is 9.49. The number of rotatable bonds is 3. The molecule has 0 aliphatic rings. The van der Waals surface area contributed by atoms with Crippen LogP contribution in [0.2, 0.25) is 5.02 Å². The van der Waals surface area contributed by atoms with E-state index in [9.17, 15) is 4.79 Å². The molecule has 2 aromatic rings. The van der Waals surface area contributed by atoms with Crippen LogP contribution in [-0.2, 0) is 0 Å². The number of halogens is 1. The third-order valence-corrected chi connectivity index (χ3v) is 3.80. The Morgan fingerprint density at radius 3 is 2.15 bits per heavy atom. The van der Waals surface area contributed by atoms with Crippen molar-refractivity contribution in [2.24, 2.45) is 0 Å². The molecule has 20 heavy (non-hydrogen) atoms. The first-order valence-electron chi connectivity index (χ1n) is 6.58. The Bertz CT molecular complexity index is 589. The van der Waals surface area contributed by atoms with Gasteiger partial charge in [0.25, 0.3) is 5.91 Å². The molecule has 2 aromatic carbocycles. The Labute approximate surface area is 125 Å². The van der Waals surface area contributed by atoms with E-state index in [2.05, 4.69) is 0 Å². The number of carbonyl (C=O) groups is 1. The molecule has 0 saturated carbocycles. The molecule has 2 nitrogen and oxygen atoms in total. The van der Waals surface area contributed by atoms with Crippen LogP contribution in [0.5, 0.6) is 0 Å². The first-order valence-corrected chi connectivity index (χ1v) is 6.96. The van der Waals surface area contributed by atoms with E-state index in [1.807, 2.05) is 69.4 Å². The number of carbonyl (C=O) groups excluding carboxylic acids is 1. The van der Waals surface area contributed by atoms with Crippen molar-refractivity contribution in [2.75, 3.05) is 7.05 Å². The highest BCUT2D eigenvalue weighted by molar-refractivity contribution is 6.30. The molecule has 2 rings (SSSR count). The highest BCUT2D eigenvalue weighted by Gasteiger charge is 2.18. The highest BCUT2D eigenvalue weighted by Crippen LogP contribution is 2.22. The fourth-order valence-corrected chi connectivity index (χ4v) is 2.17. The van der Waals surface area contributed by atoms with Crippen LogP contribution in [-0.4, -0.2) is 17.9 Å². The van der Waals surface area contributed by atoms with Crippen LogP contribution in [0.25, 0.3) is 0 Å². The molecule has 0 radical (unpaired) electrons. The second kappa shape index (κ2) is 6.10. The molecular weight excluding hydrogens is 270 g/mol. The van der Waals surface area contributed by atoms with Gasteiger partial charge in [-0.1, -0.05) is 41.4 Å². The molecule has 0 heterocycles. The van der Waals surface area contributed by atoms with Crippen molar-refractivity contribution in [3.05, 3.63) is 70.2 Å². The Morgan fingerprint density at radius 2 is 1.60 bits per heavy atom. The predicted octanol–water partition coefficient (Wildman–Crippen LogP) is 4.48. The van der Waals surface area contributed by atoms with Crippen molar-refractivity contribution < 1.29 is 4.79 Å². The second-order valence-electron chi connectivity index (χ2n) is 5.01. The monoisotopic (exact) mass is 287 g/mol. The molecule has 0 fully saturated rings. The zero-order valence-electron chi connectivity index (χ0n) is 11.9. The number of benzene rings is 2. The molecule has 0 N–H and O–H groups in total. The lowest BCUT2D eigenvalue weighted by Gasteiger charge is -2.25. The number of hydrogen-bond acceptors (Lipinski definition) is 1. The van der Waals surface area contributed by atoms with E-state index in [4.69, 9.17) is 11.6 Å². The first kappa shape index (κ1) is 14.6. The highest BCUT2D eigenvalue weighted by atomic mass is 35.5. The zero-order valence-corrected chi connectivity index (χ0v) is 12.7. The van der Waals surface area contributed by atoms with Crippen molar-refractivity contribution in [3.8, 4) is 0 Å². The van der Waals surface area contributed by atoms with E-state index >= 15 is 0 Å². The molecule has 0 aliphatic heterocycles. The summed E-state index contributed by atoms with van der Waals surface area (Å²) in [6, 6.07) is 15.2. The van der Waals surface area contributed by atoms with Crippen LogP contribution >= 0.6 is 11.6 Å². The summed E-state index contributed by atoms with van der Waals surface area (Å²) < 4.78 is 0. The maximum Gasteiger partial charge on any atom is 0.254 e. The van der Waals surface area contributed by atoms with Gasteiger partial charge in [-0.25, -0.2) is 0 Å². The SMILES string of the molecule is Cc1ccc(C(=O)N(C)C(C)c2ccc(Cl)cc2)cc1. The average molecular weight is 288 g/mol. The van der Waals surface area contributed by atoms with Gasteiger partial charge in [0.15, 0.2) is 0 Å². The third kappa shape index (κ3) is 3.20. The minimum atomic E-state index is 0.000990. The summed E-state index contributed by atoms with van der Waals surface area (Å²) in [5.41, 5.74) is 2.92. The van der Waals surface area contributed by atoms with Crippen LogP contribution in [0, 0.1) is 6.92 Å². The van der Waals surface area contributed by atoms with Gasteiger partial charge < -0.3 is 4.90 Å². The maximum absolute atomic E-state index is 12.4. The van der Waals surface area contributed by atoms with Gasteiger partial charge in [0.05, 0.1) is 6.04 Å². The normalized spacial score (nSPS) is 12.0. The van der Waals surface area contributed by atoms with Gasteiger partial charge >= 0.3 is 0 Å². The summed E-state index contributed by atoms with van der Waals surface area (Å²) in [7, 11) is 1.82. The second-order valence-corrected chi connectivity index (χ2v) is 5.45. The Morgan fingerprint density at radius 1 is 1.05 bits per heavy atom. The fourth-order valence-electron chi connectivity index (χ4n) is 2.04. The molecule has 0 spiro atoms. The van der Waals surface area contributed by atoms with Crippen molar-refractivity contribution >= 4 is 17.5 Å². The molecule has 1 amide bonds.